The predicted molar refractivity (Wildman–Crippen MR) is 125 cm³/mol. The number of aromatic nitrogens is 2. The zero-order chi connectivity index (χ0) is 22.5. The molecule has 2 amide bonds. The molecule has 3 aromatic rings. The van der Waals surface area contributed by atoms with Crippen molar-refractivity contribution < 1.29 is 14.3 Å². The van der Waals surface area contributed by atoms with E-state index in [-0.39, 0.29) is 12.0 Å². The number of amides is 2. The van der Waals surface area contributed by atoms with Crippen molar-refractivity contribution in [1.82, 2.24) is 19.8 Å². The molecular formula is C23H25N5O3S. The van der Waals surface area contributed by atoms with E-state index < -0.39 is 0 Å². The number of aromatic amines is 1. The molecule has 166 valence electrons. The van der Waals surface area contributed by atoms with E-state index in [4.69, 9.17) is 17.0 Å². The number of benzene rings is 2. The van der Waals surface area contributed by atoms with E-state index >= 15 is 0 Å². The first kappa shape index (κ1) is 21.8. The van der Waals surface area contributed by atoms with Crippen molar-refractivity contribution in [3.63, 3.8) is 0 Å². The van der Waals surface area contributed by atoms with Crippen LogP contribution in [0.1, 0.15) is 22.8 Å². The summed E-state index contributed by atoms with van der Waals surface area (Å²) < 4.78 is 5.45. The molecular weight excluding hydrogens is 426 g/mol. The fraction of sp³-hybridized carbons (Fsp3) is 0.304. The standard InChI is InChI=1S/C23H25N5O3S/c1-2-31-23(30)28-13-11-27(12-14-28)21(29)17-9-7-16(8-10-17)15-24-20-18-5-3-4-6-19(18)25-22(32)26-20/h3-10H,2,11-15H2,1H3,(H2,24,25,26,32). The van der Waals surface area contributed by atoms with Crippen LogP contribution in [-0.2, 0) is 11.3 Å². The van der Waals surface area contributed by atoms with Crippen molar-refractivity contribution >= 4 is 40.9 Å². The Morgan fingerprint density at radius 2 is 1.75 bits per heavy atom. The molecule has 0 radical (unpaired) electrons. The summed E-state index contributed by atoms with van der Waals surface area (Å²) in [6.45, 7) is 4.64. The van der Waals surface area contributed by atoms with Gasteiger partial charge in [-0.05, 0) is 49.0 Å². The van der Waals surface area contributed by atoms with Crippen LogP contribution in [0.5, 0.6) is 0 Å². The quantitative estimate of drug-likeness (QED) is 0.573. The molecule has 0 atom stereocenters. The highest BCUT2D eigenvalue weighted by Crippen LogP contribution is 2.20. The summed E-state index contributed by atoms with van der Waals surface area (Å²) in [5, 5.41) is 4.31. The average molecular weight is 452 g/mol. The summed E-state index contributed by atoms with van der Waals surface area (Å²) in [5.74, 6) is 0.694. The Morgan fingerprint density at radius 1 is 1.06 bits per heavy atom. The Hall–Kier alpha value is -3.46. The maximum atomic E-state index is 12.8. The summed E-state index contributed by atoms with van der Waals surface area (Å²) >= 11 is 5.22. The molecule has 0 spiro atoms. The number of hydrogen-bond acceptors (Lipinski definition) is 6. The Bertz CT molecular complexity index is 1170. The molecule has 2 aromatic carbocycles. The lowest BCUT2D eigenvalue weighted by Crippen LogP contribution is -2.50. The molecule has 32 heavy (non-hydrogen) atoms. The largest absolute Gasteiger partial charge is 0.450 e. The topological polar surface area (TPSA) is 90.6 Å². The first-order valence-electron chi connectivity index (χ1n) is 10.6. The maximum absolute atomic E-state index is 12.8. The SMILES string of the molecule is CCOC(=O)N1CCN(C(=O)c2ccc(CNc3nc(=S)[nH]c4ccccc34)cc2)CC1. The number of rotatable bonds is 5. The number of H-pyrrole nitrogens is 1. The van der Waals surface area contributed by atoms with Gasteiger partial charge in [-0.3, -0.25) is 4.79 Å². The number of nitrogens with zero attached hydrogens (tertiary/aromatic N) is 3. The number of hydrogen-bond donors (Lipinski definition) is 2. The number of para-hydroxylation sites is 1. The van der Waals surface area contributed by atoms with Crippen molar-refractivity contribution in [1.29, 1.82) is 0 Å². The number of nitrogens with one attached hydrogen (secondary N) is 2. The summed E-state index contributed by atoms with van der Waals surface area (Å²) in [4.78, 5) is 35.5. The van der Waals surface area contributed by atoms with Crippen molar-refractivity contribution in [2.45, 2.75) is 13.5 Å². The van der Waals surface area contributed by atoms with Gasteiger partial charge in [-0.25, -0.2) is 9.78 Å². The first-order chi connectivity index (χ1) is 15.5. The van der Waals surface area contributed by atoms with Gasteiger partial charge in [-0.2, -0.15) is 0 Å². The molecule has 1 aromatic heterocycles. The first-order valence-corrected chi connectivity index (χ1v) is 11.0. The molecule has 1 aliphatic rings. The van der Waals surface area contributed by atoms with Crippen molar-refractivity contribution in [2.24, 2.45) is 0 Å². The zero-order valence-electron chi connectivity index (χ0n) is 17.8. The van der Waals surface area contributed by atoms with E-state index in [1.165, 1.54) is 0 Å². The number of ether oxygens (including phenoxy) is 1. The van der Waals surface area contributed by atoms with E-state index in [0.29, 0.717) is 49.7 Å². The highest BCUT2D eigenvalue weighted by atomic mass is 32.1. The number of carbonyl (C=O) groups is 2. The Morgan fingerprint density at radius 3 is 2.47 bits per heavy atom. The normalized spacial score (nSPS) is 13.8. The molecule has 1 fully saturated rings. The van der Waals surface area contributed by atoms with Gasteiger partial charge in [0.25, 0.3) is 5.91 Å². The van der Waals surface area contributed by atoms with E-state index in [9.17, 15) is 9.59 Å². The maximum Gasteiger partial charge on any atom is 0.409 e. The van der Waals surface area contributed by atoms with Crippen LogP contribution >= 0.6 is 12.2 Å². The monoisotopic (exact) mass is 451 g/mol. The Labute approximate surface area is 191 Å². The number of fused-ring (bicyclic) bond motifs is 1. The lowest BCUT2D eigenvalue weighted by molar-refractivity contribution is 0.0570. The second kappa shape index (κ2) is 9.78. The highest BCUT2D eigenvalue weighted by molar-refractivity contribution is 7.71. The van der Waals surface area contributed by atoms with E-state index in [0.717, 1.165) is 22.3 Å². The minimum atomic E-state index is -0.321. The van der Waals surface area contributed by atoms with Crippen LogP contribution in [0.3, 0.4) is 0 Å². The van der Waals surface area contributed by atoms with E-state index in [1.807, 2.05) is 48.5 Å². The van der Waals surface area contributed by atoms with Crippen LogP contribution in [0.25, 0.3) is 10.9 Å². The minimum Gasteiger partial charge on any atom is -0.450 e. The third-order valence-electron chi connectivity index (χ3n) is 5.39. The van der Waals surface area contributed by atoms with Gasteiger partial charge < -0.3 is 24.8 Å². The molecule has 0 aliphatic carbocycles. The minimum absolute atomic E-state index is 0.0324. The van der Waals surface area contributed by atoms with Crippen LogP contribution in [-0.4, -0.2) is 64.6 Å². The van der Waals surface area contributed by atoms with Crippen LogP contribution in [0.15, 0.2) is 48.5 Å². The number of carbonyl (C=O) groups excluding carboxylic acids is 2. The third-order valence-corrected chi connectivity index (χ3v) is 5.58. The number of anilines is 1. The molecule has 4 rings (SSSR count). The fourth-order valence-corrected chi connectivity index (χ4v) is 3.88. The Balaban J connectivity index is 1.36. The second-order valence-corrected chi connectivity index (χ2v) is 7.85. The van der Waals surface area contributed by atoms with Gasteiger partial charge in [-0.1, -0.05) is 24.3 Å². The van der Waals surface area contributed by atoms with Gasteiger partial charge in [-0.15, -0.1) is 0 Å². The summed E-state index contributed by atoms with van der Waals surface area (Å²) in [6, 6.07) is 15.4. The van der Waals surface area contributed by atoms with Crippen molar-refractivity contribution in [3.8, 4) is 0 Å². The summed E-state index contributed by atoms with van der Waals surface area (Å²) in [6.07, 6.45) is -0.321. The van der Waals surface area contributed by atoms with Gasteiger partial charge in [0.15, 0.2) is 4.77 Å². The average Bonchev–Trinajstić information content (AvgIpc) is 2.82. The lowest BCUT2D eigenvalue weighted by atomic mass is 10.1. The molecule has 9 heteroatoms. The highest BCUT2D eigenvalue weighted by Gasteiger charge is 2.25. The van der Waals surface area contributed by atoms with Crippen LogP contribution in [0.4, 0.5) is 10.6 Å². The molecule has 2 N–H and O–H groups in total. The van der Waals surface area contributed by atoms with Crippen molar-refractivity contribution in [3.05, 3.63) is 64.4 Å². The van der Waals surface area contributed by atoms with Crippen LogP contribution < -0.4 is 5.32 Å². The predicted octanol–water partition coefficient (Wildman–Crippen LogP) is 3.82. The van der Waals surface area contributed by atoms with Crippen molar-refractivity contribution in [2.75, 3.05) is 38.1 Å². The van der Waals surface area contributed by atoms with Gasteiger partial charge in [0, 0.05) is 43.7 Å². The van der Waals surface area contributed by atoms with E-state index in [2.05, 4.69) is 15.3 Å². The third kappa shape index (κ3) is 4.88. The molecule has 1 saturated heterocycles. The molecule has 2 heterocycles. The Kier molecular flexibility index (Phi) is 6.65. The second-order valence-electron chi connectivity index (χ2n) is 7.46. The smallest absolute Gasteiger partial charge is 0.409 e. The number of piperazine rings is 1. The van der Waals surface area contributed by atoms with Gasteiger partial charge >= 0.3 is 6.09 Å². The fourth-order valence-electron chi connectivity index (χ4n) is 3.68. The van der Waals surface area contributed by atoms with Crippen LogP contribution in [0, 0.1) is 4.77 Å². The molecule has 1 aliphatic heterocycles. The van der Waals surface area contributed by atoms with E-state index in [1.54, 1.807) is 16.7 Å². The van der Waals surface area contributed by atoms with Crippen LogP contribution in [0.2, 0.25) is 0 Å². The van der Waals surface area contributed by atoms with Gasteiger partial charge in [0.2, 0.25) is 0 Å². The summed E-state index contributed by atoms with van der Waals surface area (Å²) in [7, 11) is 0. The molecule has 0 unspecified atom stereocenters. The van der Waals surface area contributed by atoms with Gasteiger partial charge in [0.1, 0.15) is 5.82 Å². The lowest BCUT2D eigenvalue weighted by Gasteiger charge is -2.34. The van der Waals surface area contributed by atoms with Gasteiger partial charge in [0.05, 0.1) is 12.1 Å². The molecule has 0 bridgehead atoms. The molecule has 8 nitrogen and oxygen atoms in total. The summed E-state index contributed by atoms with van der Waals surface area (Å²) in [5.41, 5.74) is 2.58. The molecule has 0 saturated carbocycles. The zero-order valence-corrected chi connectivity index (χ0v) is 18.7.